The van der Waals surface area contributed by atoms with Crippen LogP contribution in [0.1, 0.15) is 5.56 Å². The molecule has 3 aromatic heterocycles. The Kier molecular flexibility index (Phi) is 4.85. The smallest absolute Gasteiger partial charge is 0.221 e. The van der Waals surface area contributed by atoms with Gasteiger partial charge in [-0.15, -0.1) is 20.4 Å². The molecule has 0 saturated carbocycles. The van der Waals surface area contributed by atoms with Crippen LogP contribution in [0.15, 0.2) is 42.7 Å². The first-order valence-electron chi connectivity index (χ1n) is 6.94. The molecule has 116 valence electrons. The third-order valence-corrected chi connectivity index (χ3v) is 2.92. The van der Waals surface area contributed by atoms with E-state index >= 15 is 0 Å². The van der Waals surface area contributed by atoms with E-state index in [-0.39, 0.29) is 6.61 Å². The van der Waals surface area contributed by atoms with Gasteiger partial charge in [-0.1, -0.05) is 12.1 Å². The molecule has 3 heterocycles. The van der Waals surface area contributed by atoms with E-state index in [2.05, 4.69) is 30.4 Å². The fourth-order valence-corrected chi connectivity index (χ4v) is 1.82. The summed E-state index contributed by atoms with van der Waals surface area (Å²) < 4.78 is 17.1. The maximum Gasteiger partial charge on any atom is 0.221 e. The number of halogens is 1. The number of aromatic nitrogens is 6. The zero-order chi connectivity index (χ0) is 15.9. The zero-order valence-corrected chi connectivity index (χ0v) is 12.1. The predicted molar refractivity (Wildman–Crippen MR) is 79.7 cm³/mol. The van der Waals surface area contributed by atoms with Crippen molar-refractivity contribution in [2.75, 3.05) is 13.3 Å². The lowest BCUT2D eigenvalue weighted by Gasteiger charge is -2.03. The third kappa shape index (κ3) is 3.86. The van der Waals surface area contributed by atoms with Crippen molar-refractivity contribution >= 4 is 0 Å². The van der Waals surface area contributed by atoms with E-state index in [1.807, 2.05) is 18.2 Å². The van der Waals surface area contributed by atoms with Crippen molar-refractivity contribution in [3.63, 3.8) is 0 Å². The minimum Gasteiger partial charge on any atom is -0.374 e. The average molecular weight is 312 g/mol. The highest BCUT2D eigenvalue weighted by atomic mass is 19.1. The molecular weight excluding hydrogens is 299 g/mol. The maximum atomic E-state index is 12.0. The van der Waals surface area contributed by atoms with Gasteiger partial charge in [-0.25, -0.2) is 4.39 Å². The van der Waals surface area contributed by atoms with Crippen LogP contribution in [0.3, 0.4) is 0 Å². The largest absolute Gasteiger partial charge is 0.374 e. The third-order valence-electron chi connectivity index (χ3n) is 2.92. The molecule has 0 bridgehead atoms. The van der Waals surface area contributed by atoms with E-state index in [4.69, 9.17) is 4.74 Å². The summed E-state index contributed by atoms with van der Waals surface area (Å²) >= 11 is 0. The lowest BCUT2D eigenvalue weighted by atomic mass is 10.2. The van der Waals surface area contributed by atoms with E-state index < -0.39 is 6.67 Å². The van der Waals surface area contributed by atoms with Crippen LogP contribution in [0.4, 0.5) is 4.39 Å². The van der Waals surface area contributed by atoms with Crippen molar-refractivity contribution in [1.29, 1.82) is 0 Å². The standard InChI is InChI=1S/C15H13FN6O/c16-6-8-23-10-11-4-5-13(18-9-11)15-21-19-14(20-22-15)12-3-1-2-7-17-12/h1-5,7,9H,6,8,10H2. The molecule has 3 rings (SSSR count). The number of nitrogens with zero attached hydrogens (tertiary/aromatic N) is 6. The van der Waals surface area contributed by atoms with Crippen LogP contribution in [-0.4, -0.2) is 43.6 Å². The monoisotopic (exact) mass is 312 g/mol. The molecule has 0 unspecified atom stereocenters. The normalized spacial score (nSPS) is 10.7. The number of rotatable bonds is 6. The zero-order valence-electron chi connectivity index (χ0n) is 12.1. The van der Waals surface area contributed by atoms with Gasteiger partial charge in [0.1, 0.15) is 18.1 Å². The summed E-state index contributed by atoms with van der Waals surface area (Å²) in [5, 5.41) is 16.1. The molecular formula is C15H13FN6O. The van der Waals surface area contributed by atoms with E-state index in [9.17, 15) is 4.39 Å². The molecule has 0 amide bonds. The van der Waals surface area contributed by atoms with Gasteiger partial charge in [0.15, 0.2) is 0 Å². The summed E-state index contributed by atoms with van der Waals surface area (Å²) in [6, 6.07) is 8.99. The number of alkyl halides is 1. The lowest BCUT2D eigenvalue weighted by Crippen LogP contribution is -2.02. The molecule has 0 radical (unpaired) electrons. The molecule has 0 fully saturated rings. The van der Waals surface area contributed by atoms with Gasteiger partial charge >= 0.3 is 0 Å². The molecule has 0 aliphatic heterocycles. The Bertz CT molecular complexity index is 736. The summed E-state index contributed by atoms with van der Waals surface area (Å²) in [5.74, 6) is 0.673. The van der Waals surface area contributed by atoms with Crippen LogP contribution >= 0.6 is 0 Å². The number of ether oxygens (including phenoxy) is 1. The van der Waals surface area contributed by atoms with Gasteiger partial charge in [0, 0.05) is 12.4 Å². The highest BCUT2D eigenvalue weighted by molar-refractivity contribution is 5.50. The quantitative estimate of drug-likeness (QED) is 0.642. The molecule has 0 atom stereocenters. The second kappa shape index (κ2) is 7.41. The Morgan fingerprint density at radius 1 is 0.870 bits per heavy atom. The molecule has 7 nitrogen and oxygen atoms in total. The van der Waals surface area contributed by atoms with Crippen molar-refractivity contribution < 1.29 is 9.13 Å². The van der Waals surface area contributed by atoms with E-state index in [1.165, 1.54) is 0 Å². The molecule has 0 spiro atoms. The minimum absolute atomic E-state index is 0.0771. The van der Waals surface area contributed by atoms with Crippen LogP contribution in [-0.2, 0) is 11.3 Å². The van der Waals surface area contributed by atoms with Crippen molar-refractivity contribution in [1.82, 2.24) is 30.4 Å². The van der Waals surface area contributed by atoms with Gasteiger partial charge in [-0.2, -0.15) is 0 Å². The van der Waals surface area contributed by atoms with Gasteiger partial charge in [-0.3, -0.25) is 9.97 Å². The molecule has 0 aliphatic rings. The lowest BCUT2D eigenvalue weighted by molar-refractivity contribution is 0.106. The topological polar surface area (TPSA) is 86.6 Å². The number of hydrogen-bond acceptors (Lipinski definition) is 7. The minimum atomic E-state index is -0.501. The van der Waals surface area contributed by atoms with Crippen LogP contribution in [0.2, 0.25) is 0 Å². The van der Waals surface area contributed by atoms with Crippen molar-refractivity contribution in [2.24, 2.45) is 0 Å². The second-order valence-electron chi connectivity index (χ2n) is 4.56. The maximum absolute atomic E-state index is 12.0. The molecule has 8 heteroatoms. The first-order chi connectivity index (χ1) is 11.4. The Morgan fingerprint density at radius 2 is 1.61 bits per heavy atom. The van der Waals surface area contributed by atoms with Crippen LogP contribution in [0.25, 0.3) is 23.0 Å². The summed E-state index contributed by atoms with van der Waals surface area (Å²) in [5.41, 5.74) is 1.99. The summed E-state index contributed by atoms with van der Waals surface area (Å²) in [7, 11) is 0. The fraction of sp³-hybridized carbons (Fsp3) is 0.200. The SMILES string of the molecule is FCCOCc1ccc(-c2nnc(-c3ccccn3)nn2)nc1. The number of pyridine rings is 2. The summed E-state index contributed by atoms with van der Waals surface area (Å²) in [6.07, 6.45) is 3.28. The Hall–Kier alpha value is -2.87. The highest BCUT2D eigenvalue weighted by Crippen LogP contribution is 2.13. The first-order valence-corrected chi connectivity index (χ1v) is 6.94. The van der Waals surface area contributed by atoms with Gasteiger partial charge in [0.2, 0.25) is 11.6 Å². The second-order valence-corrected chi connectivity index (χ2v) is 4.56. The average Bonchev–Trinajstić information content (AvgIpc) is 2.63. The number of hydrogen-bond donors (Lipinski definition) is 0. The van der Waals surface area contributed by atoms with Gasteiger partial charge in [-0.05, 0) is 23.8 Å². The first kappa shape index (κ1) is 15.0. The van der Waals surface area contributed by atoms with E-state index in [0.717, 1.165) is 5.56 Å². The van der Waals surface area contributed by atoms with Crippen molar-refractivity contribution in [3.8, 4) is 23.0 Å². The fourth-order valence-electron chi connectivity index (χ4n) is 1.82. The van der Waals surface area contributed by atoms with Crippen molar-refractivity contribution in [3.05, 3.63) is 48.3 Å². The molecule has 0 aliphatic carbocycles. The van der Waals surface area contributed by atoms with E-state index in [0.29, 0.717) is 29.6 Å². The Balaban J connectivity index is 1.72. The van der Waals surface area contributed by atoms with Gasteiger partial charge in [0.05, 0.1) is 13.2 Å². The predicted octanol–water partition coefficient (Wildman–Crippen LogP) is 1.88. The Morgan fingerprint density at radius 3 is 2.17 bits per heavy atom. The van der Waals surface area contributed by atoms with Gasteiger partial charge in [0.25, 0.3) is 0 Å². The molecule has 0 N–H and O–H groups in total. The molecule has 0 aromatic carbocycles. The Labute approximate surface area is 131 Å². The highest BCUT2D eigenvalue weighted by Gasteiger charge is 2.08. The molecule has 23 heavy (non-hydrogen) atoms. The molecule has 0 saturated heterocycles. The summed E-state index contributed by atoms with van der Waals surface area (Å²) in [4.78, 5) is 8.37. The molecule has 3 aromatic rings. The van der Waals surface area contributed by atoms with Crippen LogP contribution in [0.5, 0.6) is 0 Å². The van der Waals surface area contributed by atoms with Gasteiger partial charge < -0.3 is 4.74 Å². The van der Waals surface area contributed by atoms with Crippen LogP contribution in [0, 0.1) is 0 Å². The van der Waals surface area contributed by atoms with E-state index in [1.54, 1.807) is 24.5 Å². The summed E-state index contributed by atoms with van der Waals surface area (Å²) in [6.45, 7) is -0.111. The van der Waals surface area contributed by atoms with Crippen LogP contribution < -0.4 is 0 Å². The van der Waals surface area contributed by atoms with Crippen molar-refractivity contribution in [2.45, 2.75) is 6.61 Å².